The normalized spacial score (nSPS) is 13.4. The molecule has 0 aliphatic heterocycles. The fourth-order valence-corrected chi connectivity index (χ4v) is 2.18. The lowest BCUT2D eigenvalue weighted by Gasteiger charge is -2.27. The highest BCUT2D eigenvalue weighted by atomic mass is 15.1. The fraction of sp³-hybridized carbons (Fsp3) is 0.600. The SMILES string of the molecule is CCCN(C)C(CN)c1ccc(C(C)C)cc1. The smallest absolute Gasteiger partial charge is 0.0467 e. The van der Waals surface area contributed by atoms with E-state index in [4.69, 9.17) is 5.73 Å². The van der Waals surface area contributed by atoms with Crippen LogP contribution in [0.2, 0.25) is 0 Å². The van der Waals surface area contributed by atoms with E-state index in [0.29, 0.717) is 18.5 Å². The summed E-state index contributed by atoms with van der Waals surface area (Å²) in [5.41, 5.74) is 8.61. The third-order valence-electron chi connectivity index (χ3n) is 3.32. The van der Waals surface area contributed by atoms with Crippen LogP contribution in [0.15, 0.2) is 24.3 Å². The molecule has 0 heterocycles. The number of likely N-dealkylation sites (N-methyl/N-ethyl adjacent to an activating group) is 1. The third-order valence-corrected chi connectivity index (χ3v) is 3.32. The monoisotopic (exact) mass is 234 g/mol. The molecule has 0 aromatic heterocycles. The minimum atomic E-state index is 0.344. The molecule has 0 aliphatic rings. The maximum atomic E-state index is 5.89. The van der Waals surface area contributed by atoms with E-state index in [2.05, 4.69) is 57.0 Å². The largest absolute Gasteiger partial charge is 0.329 e. The standard InChI is InChI=1S/C15H26N2/c1-5-10-17(4)15(11-16)14-8-6-13(7-9-14)12(2)3/h6-9,12,15H,5,10-11,16H2,1-4H3. The summed E-state index contributed by atoms with van der Waals surface area (Å²) in [5, 5.41) is 0. The van der Waals surface area contributed by atoms with Gasteiger partial charge in [-0.1, -0.05) is 45.0 Å². The molecule has 0 aliphatic carbocycles. The first-order valence-electron chi connectivity index (χ1n) is 6.60. The molecule has 2 nitrogen and oxygen atoms in total. The first-order valence-corrected chi connectivity index (χ1v) is 6.60. The quantitative estimate of drug-likeness (QED) is 0.819. The Morgan fingerprint density at radius 3 is 2.06 bits per heavy atom. The van der Waals surface area contributed by atoms with Gasteiger partial charge in [0.05, 0.1) is 0 Å². The molecule has 2 heteroatoms. The maximum Gasteiger partial charge on any atom is 0.0467 e. The molecule has 0 saturated heterocycles. The Balaban J connectivity index is 2.82. The minimum Gasteiger partial charge on any atom is -0.329 e. The Hall–Kier alpha value is -0.860. The Bertz CT molecular complexity index is 316. The third kappa shape index (κ3) is 3.83. The van der Waals surface area contributed by atoms with Crippen molar-refractivity contribution in [3.8, 4) is 0 Å². The Morgan fingerprint density at radius 1 is 1.12 bits per heavy atom. The molecular formula is C15H26N2. The number of hydrogen-bond acceptors (Lipinski definition) is 2. The van der Waals surface area contributed by atoms with Gasteiger partial charge in [0.25, 0.3) is 0 Å². The summed E-state index contributed by atoms with van der Waals surface area (Å²) in [7, 11) is 2.15. The summed E-state index contributed by atoms with van der Waals surface area (Å²) >= 11 is 0. The molecule has 17 heavy (non-hydrogen) atoms. The number of nitrogens with two attached hydrogens (primary N) is 1. The number of nitrogens with zero attached hydrogens (tertiary/aromatic N) is 1. The van der Waals surface area contributed by atoms with E-state index in [1.54, 1.807) is 0 Å². The van der Waals surface area contributed by atoms with Crippen LogP contribution in [0.4, 0.5) is 0 Å². The van der Waals surface area contributed by atoms with E-state index in [1.807, 2.05) is 0 Å². The van der Waals surface area contributed by atoms with Gasteiger partial charge in [-0.3, -0.25) is 4.90 Å². The Labute approximate surface area is 106 Å². The summed E-state index contributed by atoms with van der Waals surface area (Å²) in [5.74, 6) is 0.591. The van der Waals surface area contributed by atoms with Gasteiger partial charge < -0.3 is 5.73 Å². The second-order valence-corrected chi connectivity index (χ2v) is 5.05. The maximum absolute atomic E-state index is 5.89. The van der Waals surface area contributed by atoms with E-state index in [-0.39, 0.29) is 0 Å². The van der Waals surface area contributed by atoms with Crippen molar-refractivity contribution in [2.24, 2.45) is 5.73 Å². The molecule has 0 radical (unpaired) electrons. The van der Waals surface area contributed by atoms with E-state index in [0.717, 1.165) is 13.0 Å². The van der Waals surface area contributed by atoms with Crippen molar-refractivity contribution in [3.05, 3.63) is 35.4 Å². The van der Waals surface area contributed by atoms with Crippen LogP contribution in [0.25, 0.3) is 0 Å². The summed E-state index contributed by atoms with van der Waals surface area (Å²) < 4.78 is 0. The molecule has 96 valence electrons. The van der Waals surface area contributed by atoms with E-state index >= 15 is 0 Å². The summed E-state index contributed by atoms with van der Waals surface area (Å²) in [6.07, 6.45) is 1.16. The molecular weight excluding hydrogens is 208 g/mol. The molecule has 1 unspecified atom stereocenters. The van der Waals surface area contributed by atoms with Gasteiger partial charge in [0.1, 0.15) is 0 Å². The zero-order chi connectivity index (χ0) is 12.8. The molecule has 1 aromatic carbocycles. The molecule has 1 aromatic rings. The van der Waals surface area contributed by atoms with Crippen molar-refractivity contribution in [2.45, 2.75) is 39.2 Å². The molecule has 0 saturated carbocycles. The zero-order valence-electron chi connectivity index (χ0n) is 11.6. The van der Waals surface area contributed by atoms with Gasteiger partial charge in [-0.05, 0) is 37.1 Å². The highest BCUT2D eigenvalue weighted by Crippen LogP contribution is 2.21. The number of rotatable bonds is 6. The molecule has 0 amide bonds. The average molecular weight is 234 g/mol. The topological polar surface area (TPSA) is 29.3 Å². The van der Waals surface area contributed by atoms with Gasteiger partial charge in [-0.25, -0.2) is 0 Å². The first-order chi connectivity index (χ1) is 8.10. The predicted octanol–water partition coefficient (Wildman–Crippen LogP) is 3.15. The Kier molecular flexibility index (Phi) is 5.66. The number of benzene rings is 1. The van der Waals surface area contributed by atoms with Crippen LogP contribution in [-0.4, -0.2) is 25.0 Å². The van der Waals surface area contributed by atoms with Crippen LogP contribution in [0.5, 0.6) is 0 Å². The van der Waals surface area contributed by atoms with Crippen molar-refractivity contribution in [1.29, 1.82) is 0 Å². The lowest BCUT2D eigenvalue weighted by Crippen LogP contribution is -2.31. The fourth-order valence-electron chi connectivity index (χ4n) is 2.18. The number of hydrogen-bond donors (Lipinski definition) is 1. The average Bonchev–Trinajstić information content (AvgIpc) is 2.31. The minimum absolute atomic E-state index is 0.344. The van der Waals surface area contributed by atoms with Crippen LogP contribution in [0, 0.1) is 0 Å². The molecule has 0 spiro atoms. The van der Waals surface area contributed by atoms with Gasteiger partial charge in [-0.2, -0.15) is 0 Å². The summed E-state index contributed by atoms with van der Waals surface area (Å²) in [6.45, 7) is 8.41. The van der Waals surface area contributed by atoms with Crippen molar-refractivity contribution >= 4 is 0 Å². The van der Waals surface area contributed by atoms with Crippen molar-refractivity contribution in [3.63, 3.8) is 0 Å². The van der Waals surface area contributed by atoms with Crippen LogP contribution in [0.1, 0.15) is 50.3 Å². The van der Waals surface area contributed by atoms with E-state index in [1.165, 1.54) is 11.1 Å². The molecule has 0 bridgehead atoms. The lowest BCUT2D eigenvalue weighted by molar-refractivity contribution is 0.251. The predicted molar refractivity (Wildman–Crippen MR) is 75.2 cm³/mol. The van der Waals surface area contributed by atoms with Gasteiger partial charge >= 0.3 is 0 Å². The summed E-state index contributed by atoms with van der Waals surface area (Å²) in [6, 6.07) is 9.24. The van der Waals surface area contributed by atoms with Crippen LogP contribution in [-0.2, 0) is 0 Å². The molecule has 0 fully saturated rings. The van der Waals surface area contributed by atoms with E-state index < -0.39 is 0 Å². The van der Waals surface area contributed by atoms with Crippen molar-refractivity contribution < 1.29 is 0 Å². The van der Waals surface area contributed by atoms with Crippen LogP contribution < -0.4 is 5.73 Å². The second-order valence-electron chi connectivity index (χ2n) is 5.05. The molecule has 1 atom stereocenters. The first kappa shape index (κ1) is 14.2. The van der Waals surface area contributed by atoms with Crippen LogP contribution >= 0.6 is 0 Å². The molecule has 1 rings (SSSR count). The van der Waals surface area contributed by atoms with Crippen molar-refractivity contribution in [2.75, 3.05) is 20.1 Å². The lowest BCUT2D eigenvalue weighted by atomic mass is 9.98. The van der Waals surface area contributed by atoms with Gasteiger partial charge in [-0.15, -0.1) is 0 Å². The van der Waals surface area contributed by atoms with Gasteiger partial charge in [0, 0.05) is 12.6 Å². The van der Waals surface area contributed by atoms with Crippen LogP contribution in [0.3, 0.4) is 0 Å². The second kappa shape index (κ2) is 6.77. The Morgan fingerprint density at radius 2 is 1.65 bits per heavy atom. The zero-order valence-corrected chi connectivity index (χ0v) is 11.6. The van der Waals surface area contributed by atoms with Crippen molar-refractivity contribution in [1.82, 2.24) is 4.90 Å². The van der Waals surface area contributed by atoms with E-state index in [9.17, 15) is 0 Å². The highest BCUT2D eigenvalue weighted by molar-refractivity contribution is 5.27. The summed E-state index contributed by atoms with van der Waals surface area (Å²) in [4.78, 5) is 2.34. The van der Waals surface area contributed by atoms with Gasteiger partial charge in [0.2, 0.25) is 0 Å². The highest BCUT2D eigenvalue weighted by Gasteiger charge is 2.14. The van der Waals surface area contributed by atoms with Gasteiger partial charge in [0.15, 0.2) is 0 Å². The molecule has 2 N–H and O–H groups in total.